The fourth-order valence-corrected chi connectivity index (χ4v) is 2.12. The molecule has 78 valence electrons. The molecular weight excluding hydrogens is 199 g/mol. The van der Waals surface area contributed by atoms with Crippen molar-refractivity contribution in [3.05, 3.63) is 0 Å². The summed E-state index contributed by atoms with van der Waals surface area (Å²) in [7, 11) is -0.908. The second kappa shape index (κ2) is 5.49. The Balaban J connectivity index is 0.00000169. The predicted octanol–water partition coefficient (Wildman–Crippen LogP) is -3.52. The summed E-state index contributed by atoms with van der Waals surface area (Å²) in [6.07, 6.45) is 1.49. The quantitative estimate of drug-likeness (QED) is 0.353. The summed E-state index contributed by atoms with van der Waals surface area (Å²) in [4.78, 5) is 2.13. The van der Waals surface area contributed by atoms with Crippen LogP contribution in [0.3, 0.4) is 0 Å². The first kappa shape index (κ1) is 14.4. The van der Waals surface area contributed by atoms with Crippen LogP contribution in [0.5, 0.6) is 0 Å². The van der Waals surface area contributed by atoms with Crippen LogP contribution in [0.2, 0.25) is 0 Å². The van der Waals surface area contributed by atoms with Gasteiger partial charge in [0.25, 0.3) is 0 Å². The third kappa shape index (κ3) is 3.89. The van der Waals surface area contributed by atoms with Crippen molar-refractivity contribution in [1.82, 2.24) is 9.21 Å². The van der Waals surface area contributed by atoms with Crippen LogP contribution in [0.4, 0.5) is 0 Å². The third-order valence-corrected chi connectivity index (χ3v) is 3.56. The van der Waals surface area contributed by atoms with E-state index in [1.165, 1.54) is 7.05 Å². The summed E-state index contributed by atoms with van der Waals surface area (Å²) in [5, 5.41) is 0. The second-order valence-electron chi connectivity index (χ2n) is 3.51. The van der Waals surface area contributed by atoms with Gasteiger partial charge in [0.05, 0.1) is 0 Å². The van der Waals surface area contributed by atoms with Crippen LogP contribution in [0.15, 0.2) is 0 Å². The first-order valence-corrected chi connectivity index (χ1v) is 5.65. The molecule has 1 fully saturated rings. The Bertz CT molecular complexity index is 262. The van der Waals surface area contributed by atoms with Gasteiger partial charge in [0.1, 0.15) is 0 Å². The number of piperidine rings is 1. The van der Waals surface area contributed by atoms with Crippen molar-refractivity contribution in [3.63, 3.8) is 0 Å². The molecule has 1 rings (SSSR count). The summed E-state index contributed by atoms with van der Waals surface area (Å²) in [5.41, 5.74) is 0. The van der Waals surface area contributed by atoms with Gasteiger partial charge >= 0.3 is 18.9 Å². The Morgan fingerprint density at radius 1 is 1.36 bits per heavy atom. The van der Waals surface area contributed by atoms with E-state index in [1.807, 2.05) is 7.05 Å². The maximum Gasteiger partial charge on any atom is 1.00 e. The molecule has 0 aromatic heterocycles. The molecule has 1 heterocycles. The number of likely N-dealkylation sites (tertiary alicyclic amines) is 1. The van der Waals surface area contributed by atoms with Crippen molar-refractivity contribution in [3.8, 4) is 0 Å². The molecule has 7 heteroatoms. The van der Waals surface area contributed by atoms with Crippen molar-refractivity contribution in [2.45, 2.75) is 18.9 Å². The first-order chi connectivity index (χ1) is 5.91. The zero-order valence-electron chi connectivity index (χ0n) is 8.93. The SMILES string of the molecule is CN1CCC(N(C)S(=O)(=O)[O-])CC1.[Li+]. The normalized spacial score (nSPS) is 20.9. The van der Waals surface area contributed by atoms with Gasteiger partial charge in [0.15, 0.2) is 10.3 Å². The first-order valence-electron chi connectivity index (χ1n) is 4.28. The molecule has 1 saturated heterocycles. The van der Waals surface area contributed by atoms with Gasteiger partial charge in [0.2, 0.25) is 0 Å². The minimum absolute atomic E-state index is 0. The average molecular weight is 214 g/mol. The van der Waals surface area contributed by atoms with Gasteiger partial charge in [-0.15, -0.1) is 0 Å². The third-order valence-electron chi connectivity index (χ3n) is 2.56. The molecular formula is C7H15LiN2O3S. The van der Waals surface area contributed by atoms with Gasteiger partial charge in [-0.25, -0.2) is 12.7 Å². The molecule has 0 aliphatic carbocycles. The molecule has 0 spiro atoms. The van der Waals surface area contributed by atoms with E-state index in [-0.39, 0.29) is 24.9 Å². The molecule has 0 aromatic rings. The molecule has 0 radical (unpaired) electrons. The number of nitrogens with zero attached hydrogens (tertiary/aromatic N) is 2. The van der Waals surface area contributed by atoms with E-state index in [9.17, 15) is 13.0 Å². The van der Waals surface area contributed by atoms with Crippen LogP contribution in [-0.2, 0) is 10.3 Å². The predicted molar refractivity (Wildman–Crippen MR) is 48.0 cm³/mol. The Labute approximate surface area is 97.5 Å². The average Bonchev–Trinajstić information content (AvgIpc) is 2.03. The van der Waals surface area contributed by atoms with E-state index in [2.05, 4.69) is 4.90 Å². The van der Waals surface area contributed by atoms with Crippen LogP contribution >= 0.6 is 0 Å². The smallest absolute Gasteiger partial charge is 0.735 e. The molecule has 0 N–H and O–H groups in total. The maximum atomic E-state index is 10.7. The topological polar surface area (TPSA) is 63.7 Å². The molecule has 0 unspecified atom stereocenters. The summed E-state index contributed by atoms with van der Waals surface area (Å²) in [6.45, 7) is 1.70. The largest absolute Gasteiger partial charge is 1.00 e. The molecule has 14 heavy (non-hydrogen) atoms. The number of hydrogen-bond acceptors (Lipinski definition) is 4. The Morgan fingerprint density at radius 3 is 2.14 bits per heavy atom. The number of hydrogen-bond donors (Lipinski definition) is 0. The number of rotatable bonds is 2. The molecule has 5 nitrogen and oxygen atoms in total. The van der Waals surface area contributed by atoms with E-state index < -0.39 is 10.3 Å². The van der Waals surface area contributed by atoms with Crippen molar-refractivity contribution in [1.29, 1.82) is 0 Å². The summed E-state index contributed by atoms with van der Waals surface area (Å²) < 4.78 is 33.0. The van der Waals surface area contributed by atoms with Crippen molar-refractivity contribution < 1.29 is 31.8 Å². The molecule has 0 atom stereocenters. The van der Waals surface area contributed by atoms with Crippen LogP contribution in [-0.4, -0.2) is 55.4 Å². The van der Waals surface area contributed by atoms with E-state index in [0.29, 0.717) is 0 Å². The van der Waals surface area contributed by atoms with Gasteiger partial charge in [-0.05, 0) is 33.0 Å². The van der Waals surface area contributed by atoms with E-state index >= 15 is 0 Å². The molecule has 0 amide bonds. The molecule has 0 bridgehead atoms. The van der Waals surface area contributed by atoms with Crippen LogP contribution in [0.1, 0.15) is 12.8 Å². The van der Waals surface area contributed by atoms with Gasteiger partial charge in [0, 0.05) is 13.1 Å². The molecule has 0 saturated carbocycles. The van der Waals surface area contributed by atoms with E-state index in [4.69, 9.17) is 0 Å². The zero-order valence-corrected chi connectivity index (χ0v) is 9.75. The van der Waals surface area contributed by atoms with Crippen molar-refractivity contribution in [2.24, 2.45) is 0 Å². The summed E-state index contributed by atoms with van der Waals surface area (Å²) in [5.74, 6) is 0. The minimum Gasteiger partial charge on any atom is -0.735 e. The fourth-order valence-electron chi connectivity index (χ4n) is 1.54. The van der Waals surface area contributed by atoms with E-state index in [0.717, 1.165) is 30.2 Å². The minimum atomic E-state index is -4.26. The monoisotopic (exact) mass is 214 g/mol. The Morgan fingerprint density at radius 2 is 1.79 bits per heavy atom. The Hall–Kier alpha value is 0.427. The van der Waals surface area contributed by atoms with Crippen molar-refractivity contribution >= 4 is 10.3 Å². The standard InChI is InChI=1S/C7H16N2O3S.Li/c1-8-5-3-7(4-6-8)9(2)13(10,11)12;/h7H,3-6H2,1-2H3,(H,10,11,12);/q;+1/p-1. The van der Waals surface area contributed by atoms with Crippen molar-refractivity contribution in [2.75, 3.05) is 27.2 Å². The molecule has 0 aromatic carbocycles. The molecule has 1 aliphatic rings. The molecule has 1 aliphatic heterocycles. The second-order valence-corrected chi connectivity index (χ2v) is 4.94. The van der Waals surface area contributed by atoms with Gasteiger partial charge in [-0.3, -0.25) is 0 Å². The summed E-state index contributed by atoms with van der Waals surface area (Å²) in [6, 6.07) is -0.112. The zero-order chi connectivity index (χ0) is 10.1. The van der Waals surface area contributed by atoms with E-state index in [1.54, 1.807) is 0 Å². The van der Waals surface area contributed by atoms with Gasteiger partial charge in [-0.2, -0.15) is 0 Å². The van der Waals surface area contributed by atoms with Gasteiger partial charge in [-0.1, -0.05) is 0 Å². The van der Waals surface area contributed by atoms with Crippen LogP contribution in [0.25, 0.3) is 0 Å². The maximum absolute atomic E-state index is 10.7. The Kier molecular flexibility index (Phi) is 5.66. The summed E-state index contributed by atoms with van der Waals surface area (Å²) >= 11 is 0. The fraction of sp³-hybridized carbons (Fsp3) is 1.00. The van der Waals surface area contributed by atoms with Crippen LogP contribution in [0, 0.1) is 0 Å². The van der Waals surface area contributed by atoms with Crippen LogP contribution < -0.4 is 18.9 Å². The van der Waals surface area contributed by atoms with Gasteiger partial charge < -0.3 is 9.45 Å².